The Morgan fingerprint density at radius 2 is 2.07 bits per heavy atom. The monoisotopic (exact) mass is 214 g/mol. The third-order valence-corrected chi connectivity index (χ3v) is 2.68. The first-order chi connectivity index (χ1) is 7.22. The van der Waals surface area contributed by atoms with E-state index in [0.717, 1.165) is 32.5 Å². The van der Waals surface area contributed by atoms with E-state index in [1.54, 1.807) is 0 Å². The van der Waals surface area contributed by atoms with Crippen molar-refractivity contribution in [2.24, 2.45) is 5.73 Å². The first kappa shape index (κ1) is 12.3. The summed E-state index contributed by atoms with van der Waals surface area (Å²) in [6.45, 7) is 6.32. The van der Waals surface area contributed by atoms with Crippen LogP contribution in [0.15, 0.2) is 0 Å². The zero-order valence-corrected chi connectivity index (χ0v) is 9.46. The summed E-state index contributed by atoms with van der Waals surface area (Å²) in [7, 11) is 0. The Balaban J connectivity index is 2.02. The first-order valence-electron chi connectivity index (χ1n) is 5.72. The number of nitrogens with two attached hydrogens (primary N) is 1. The molecule has 0 aromatic heterocycles. The third kappa shape index (κ3) is 4.99. The molecule has 1 rings (SSSR count). The highest BCUT2D eigenvalue weighted by Crippen LogP contribution is 2.06. The van der Waals surface area contributed by atoms with Gasteiger partial charge in [0.05, 0.1) is 0 Å². The van der Waals surface area contributed by atoms with Crippen LogP contribution in [-0.4, -0.2) is 49.7 Å². The maximum absolute atomic E-state index is 11.1. The number of amides is 2. The van der Waals surface area contributed by atoms with E-state index in [2.05, 4.69) is 15.5 Å². The molecule has 0 aromatic carbocycles. The van der Waals surface area contributed by atoms with Crippen molar-refractivity contribution < 1.29 is 4.79 Å². The van der Waals surface area contributed by atoms with Gasteiger partial charge in [-0.25, -0.2) is 4.79 Å². The van der Waals surface area contributed by atoms with Gasteiger partial charge in [-0.1, -0.05) is 0 Å². The maximum atomic E-state index is 11.1. The SMILES string of the molecule is CCNC(=O)NCCN1CCC(N)CC1. The second-order valence-electron chi connectivity index (χ2n) is 3.97. The largest absolute Gasteiger partial charge is 0.338 e. The minimum absolute atomic E-state index is 0.0776. The fourth-order valence-electron chi connectivity index (χ4n) is 1.73. The van der Waals surface area contributed by atoms with Gasteiger partial charge in [-0.15, -0.1) is 0 Å². The van der Waals surface area contributed by atoms with Gasteiger partial charge < -0.3 is 21.3 Å². The van der Waals surface area contributed by atoms with Crippen molar-refractivity contribution in [2.45, 2.75) is 25.8 Å². The Morgan fingerprint density at radius 1 is 1.40 bits per heavy atom. The molecule has 1 aliphatic rings. The topological polar surface area (TPSA) is 70.4 Å². The van der Waals surface area contributed by atoms with Crippen LogP contribution in [0, 0.1) is 0 Å². The number of likely N-dealkylation sites (tertiary alicyclic amines) is 1. The van der Waals surface area contributed by atoms with Gasteiger partial charge in [-0.05, 0) is 32.9 Å². The van der Waals surface area contributed by atoms with Crippen LogP contribution >= 0.6 is 0 Å². The minimum Gasteiger partial charge on any atom is -0.338 e. The van der Waals surface area contributed by atoms with Crippen LogP contribution in [0.4, 0.5) is 4.79 Å². The van der Waals surface area contributed by atoms with Gasteiger partial charge in [0.1, 0.15) is 0 Å². The van der Waals surface area contributed by atoms with E-state index in [0.29, 0.717) is 19.1 Å². The lowest BCUT2D eigenvalue weighted by molar-refractivity contribution is 0.209. The van der Waals surface area contributed by atoms with Gasteiger partial charge in [0.25, 0.3) is 0 Å². The Kier molecular flexibility index (Phi) is 5.42. The van der Waals surface area contributed by atoms with Gasteiger partial charge in [0, 0.05) is 25.7 Å². The highest BCUT2D eigenvalue weighted by Gasteiger charge is 2.15. The van der Waals surface area contributed by atoms with Crippen LogP contribution in [0.1, 0.15) is 19.8 Å². The molecule has 0 radical (unpaired) electrons. The lowest BCUT2D eigenvalue weighted by Gasteiger charge is -2.29. The molecule has 4 N–H and O–H groups in total. The summed E-state index contributed by atoms with van der Waals surface area (Å²) in [6.07, 6.45) is 2.14. The molecule has 88 valence electrons. The average Bonchev–Trinajstić information content (AvgIpc) is 2.21. The average molecular weight is 214 g/mol. The molecule has 5 nitrogen and oxygen atoms in total. The molecule has 0 saturated carbocycles. The van der Waals surface area contributed by atoms with E-state index in [4.69, 9.17) is 5.73 Å². The number of rotatable bonds is 4. The second-order valence-corrected chi connectivity index (χ2v) is 3.97. The molecule has 1 fully saturated rings. The van der Waals surface area contributed by atoms with Crippen molar-refractivity contribution in [2.75, 3.05) is 32.7 Å². The maximum Gasteiger partial charge on any atom is 0.314 e. The molecule has 0 aliphatic carbocycles. The molecule has 0 unspecified atom stereocenters. The second kappa shape index (κ2) is 6.63. The number of hydrogen-bond acceptors (Lipinski definition) is 3. The van der Waals surface area contributed by atoms with Crippen molar-refractivity contribution in [3.05, 3.63) is 0 Å². The van der Waals surface area contributed by atoms with E-state index in [9.17, 15) is 4.79 Å². The molecule has 0 aromatic rings. The van der Waals surface area contributed by atoms with E-state index in [-0.39, 0.29) is 6.03 Å². The Labute approximate surface area is 91.4 Å². The Morgan fingerprint density at radius 3 is 2.67 bits per heavy atom. The van der Waals surface area contributed by atoms with Gasteiger partial charge in [-0.2, -0.15) is 0 Å². The summed E-state index contributed by atoms with van der Waals surface area (Å²) < 4.78 is 0. The summed E-state index contributed by atoms with van der Waals surface area (Å²) in [5.74, 6) is 0. The van der Waals surface area contributed by atoms with Crippen LogP contribution < -0.4 is 16.4 Å². The highest BCUT2D eigenvalue weighted by molar-refractivity contribution is 5.73. The van der Waals surface area contributed by atoms with Gasteiger partial charge >= 0.3 is 6.03 Å². The van der Waals surface area contributed by atoms with Crippen molar-refractivity contribution in [3.8, 4) is 0 Å². The normalized spacial score (nSPS) is 18.8. The van der Waals surface area contributed by atoms with Crippen LogP contribution in [0.2, 0.25) is 0 Å². The zero-order valence-electron chi connectivity index (χ0n) is 9.46. The molecule has 1 aliphatic heterocycles. The van der Waals surface area contributed by atoms with Crippen LogP contribution in [0.3, 0.4) is 0 Å². The summed E-state index contributed by atoms with van der Waals surface area (Å²) in [4.78, 5) is 13.4. The number of nitrogens with one attached hydrogen (secondary N) is 2. The van der Waals surface area contributed by atoms with Gasteiger partial charge in [0.15, 0.2) is 0 Å². The van der Waals surface area contributed by atoms with Crippen LogP contribution in [0.5, 0.6) is 0 Å². The predicted molar refractivity (Wildman–Crippen MR) is 60.7 cm³/mol. The molecular formula is C10H22N4O. The van der Waals surface area contributed by atoms with Crippen LogP contribution in [-0.2, 0) is 0 Å². The number of piperidine rings is 1. The molecule has 2 amide bonds. The highest BCUT2D eigenvalue weighted by atomic mass is 16.2. The standard InChI is InChI=1S/C10H22N4O/c1-2-12-10(15)13-5-8-14-6-3-9(11)4-7-14/h9H,2-8,11H2,1H3,(H2,12,13,15). The summed E-state index contributed by atoms with van der Waals surface area (Å²) in [5, 5.41) is 5.52. The van der Waals surface area contributed by atoms with E-state index in [1.165, 1.54) is 0 Å². The Bertz CT molecular complexity index is 190. The lowest BCUT2D eigenvalue weighted by atomic mass is 10.1. The van der Waals surface area contributed by atoms with Crippen molar-refractivity contribution >= 4 is 6.03 Å². The van der Waals surface area contributed by atoms with Gasteiger partial charge in [0.2, 0.25) is 0 Å². The number of nitrogens with zero attached hydrogens (tertiary/aromatic N) is 1. The molecule has 5 heteroatoms. The number of urea groups is 1. The van der Waals surface area contributed by atoms with Gasteiger partial charge in [-0.3, -0.25) is 0 Å². The lowest BCUT2D eigenvalue weighted by Crippen LogP contribution is -2.44. The molecule has 0 spiro atoms. The van der Waals surface area contributed by atoms with E-state index < -0.39 is 0 Å². The minimum atomic E-state index is -0.0776. The third-order valence-electron chi connectivity index (χ3n) is 2.68. The summed E-state index contributed by atoms with van der Waals surface area (Å²) in [5.41, 5.74) is 5.81. The fourth-order valence-corrected chi connectivity index (χ4v) is 1.73. The van der Waals surface area contributed by atoms with Crippen molar-refractivity contribution in [1.29, 1.82) is 0 Å². The number of carbonyl (C=O) groups is 1. The molecular weight excluding hydrogens is 192 g/mol. The molecule has 0 atom stereocenters. The van der Waals surface area contributed by atoms with E-state index in [1.807, 2.05) is 6.92 Å². The van der Waals surface area contributed by atoms with Crippen molar-refractivity contribution in [3.63, 3.8) is 0 Å². The number of carbonyl (C=O) groups excluding carboxylic acids is 1. The summed E-state index contributed by atoms with van der Waals surface area (Å²) >= 11 is 0. The zero-order chi connectivity index (χ0) is 11.1. The first-order valence-corrected chi connectivity index (χ1v) is 5.72. The van der Waals surface area contributed by atoms with E-state index >= 15 is 0 Å². The number of hydrogen-bond donors (Lipinski definition) is 3. The fraction of sp³-hybridized carbons (Fsp3) is 0.900. The quantitative estimate of drug-likeness (QED) is 0.603. The Hall–Kier alpha value is -0.810. The molecule has 1 heterocycles. The predicted octanol–water partition coefficient (Wildman–Crippen LogP) is -0.271. The molecule has 1 saturated heterocycles. The van der Waals surface area contributed by atoms with Crippen LogP contribution in [0.25, 0.3) is 0 Å². The molecule has 15 heavy (non-hydrogen) atoms. The van der Waals surface area contributed by atoms with Crippen molar-refractivity contribution in [1.82, 2.24) is 15.5 Å². The summed E-state index contributed by atoms with van der Waals surface area (Å²) in [6, 6.07) is 0.295. The molecule has 0 bridgehead atoms. The smallest absolute Gasteiger partial charge is 0.314 e.